The van der Waals surface area contributed by atoms with E-state index in [4.69, 9.17) is 9.26 Å². The van der Waals surface area contributed by atoms with Gasteiger partial charge in [0.1, 0.15) is 10.8 Å². The maximum absolute atomic E-state index is 12.4. The van der Waals surface area contributed by atoms with Crippen molar-refractivity contribution in [3.05, 3.63) is 40.9 Å². The normalized spacial score (nSPS) is 10.4. The second-order valence-corrected chi connectivity index (χ2v) is 7.11. The molecule has 10 heteroatoms. The molecule has 9 nitrogen and oxygen atoms in total. The molecule has 0 bridgehead atoms. The van der Waals surface area contributed by atoms with Gasteiger partial charge in [-0.3, -0.25) is 9.59 Å². The maximum Gasteiger partial charge on any atom is 0.341 e. The lowest BCUT2D eigenvalue weighted by Gasteiger charge is -2.09. The highest BCUT2D eigenvalue weighted by Crippen LogP contribution is 2.27. The molecule has 29 heavy (non-hydrogen) atoms. The van der Waals surface area contributed by atoms with E-state index in [1.54, 1.807) is 18.3 Å². The van der Waals surface area contributed by atoms with E-state index in [1.807, 2.05) is 20.8 Å². The summed E-state index contributed by atoms with van der Waals surface area (Å²) in [6, 6.07) is 3.20. The minimum absolute atomic E-state index is 0.165. The molecule has 0 aliphatic carbocycles. The predicted molar refractivity (Wildman–Crippen MR) is 106 cm³/mol. The molecule has 0 saturated carbocycles. The third kappa shape index (κ3) is 6.90. The Morgan fingerprint density at radius 3 is 2.69 bits per heavy atom. The number of hydrogen-bond acceptors (Lipinski definition) is 8. The first kappa shape index (κ1) is 22.4. The highest BCUT2D eigenvalue weighted by molar-refractivity contribution is 7.98. The number of amides is 2. The zero-order valence-electron chi connectivity index (χ0n) is 16.6. The van der Waals surface area contributed by atoms with Crippen molar-refractivity contribution in [2.75, 3.05) is 19.7 Å². The number of aromatic nitrogens is 2. The van der Waals surface area contributed by atoms with Gasteiger partial charge in [-0.05, 0) is 32.4 Å². The van der Waals surface area contributed by atoms with Gasteiger partial charge in [-0.1, -0.05) is 12.1 Å². The summed E-state index contributed by atoms with van der Waals surface area (Å²) >= 11 is 1.35. The molecular weight excluding hydrogens is 396 g/mol. The van der Waals surface area contributed by atoms with Gasteiger partial charge in [-0.15, -0.1) is 11.8 Å². The molecule has 0 atom stereocenters. The number of thioether (sulfide) groups is 1. The number of nitrogens with zero attached hydrogens (tertiary/aromatic N) is 2. The topological polar surface area (TPSA) is 123 Å². The van der Waals surface area contributed by atoms with Crippen molar-refractivity contribution < 1.29 is 23.6 Å². The third-order valence-corrected chi connectivity index (χ3v) is 4.91. The highest BCUT2D eigenvalue weighted by Gasteiger charge is 2.17. The van der Waals surface area contributed by atoms with Crippen LogP contribution in [0.1, 0.15) is 40.7 Å². The number of esters is 1. The molecule has 0 saturated heterocycles. The molecule has 2 heterocycles. The summed E-state index contributed by atoms with van der Waals surface area (Å²) < 4.78 is 10.2. The molecule has 0 spiro atoms. The number of ether oxygens (including phenoxy) is 1. The molecule has 2 amide bonds. The van der Waals surface area contributed by atoms with Crippen LogP contribution in [0.3, 0.4) is 0 Å². The van der Waals surface area contributed by atoms with Gasteiger partial charge in [-0.25, -0.2) is 9.78 Å². The fourth-order valence-corrected chi connectivity index (χ4v) is 3.41. The molecule has 0 radical (unpaired) electrons. The number of hydrogen-bond donors (Lipinski definition) is 2. The molecule has 0 aromatic carbocycles. The lowest BCUT2D eigenvalue weighted by Crippen LogP contribution is -2.38. The van der Waals surface area contributed by atoms with Crippen LogP contribution in [0.2, 0.25) is 0 Å². The summed E-state index contributed by atoms with van der Waals surface area (Å²) in [7, 11) is 0. The second-order valence-electron chi connectivity index (χ2n) is 6.15. The Kier molecular flexibility index (Phi) is 8.66. The monoisotopic (exact) mass is 420 g/mol. The summed E-state index contributed by atoms with van der Waals surface area (Å²) in [4.78, 5) is 39.9. The van der Waals surface area contributed by atoms with Gasteiger partial charge in [0.2, 0.25) is 5.91 Å². The van der Waals surface area contributed by atoms with Gasteiger partial charge in [0.05, 0.1) is 17.8 Å². The Balaban J connectivity index is 1.87. The Morgan fingerprint density at radius 2 is 2.00 bits per heavy atom. The van der Waals surface area contributed by atoms with Crippen LogP contribution >= 0.6 is 11.8 Å². The first-order chi connectivity index (χ1) is 13.9. The maximum atomic E-state index is 12.4. The van der Waals surface area contributed by atoms with E-state index in [2.05, 4.69) is 20.8 Å². The fraction of sp³-hybridized carbons (Fsp3) is 0.421. The van der Waals surface area contributed by atoms with Crippen LogP contribution in [0.5, 0.6) is 0 Å². The Bertz CT molecular complexity index is 849. The van der Waals surface area contributed by atoms with Crippen LogP contribution in [0.15, 0.2) is 27.9 Å². The average molecular weight is 420 g/mol. The zero-order valence-corrected chi connectivity index (χ0v) is 17.4. The van der Waals surface area contributed by atoms with Crippen molar-refractivity contribution in [2.45, 2.75) is 38.0 Å². The second kappa shape index (κ2) is 11.2. The molecule has 2 aromatic rings. The molecule has 0 unspecified atom stereocenters. The fourth-order valence-electron chi connectivity index (χ4n) is 2.28. The molecule has 0 aliphatic rings. The molecular formula is C19H24N4O5S. The molecule has 2 rings (SSSR count). The van der Waals surface area contributed by atoms with Gasteiger partial charge < -0.3 is 19.9 Å². The van der Waals surface area contributed by atoms with Crippen molar-refractivity contribution in [1.82, 2.24) is 20.8 Å². The molecule has 2 aromatic heterocycles. The van der Waals surface area contributed by atoms with Gasteiger partial charge in [-0.2, -0.15) is 0 Å². The van der Waals surface area contributed by atoms with Crippen molar-refractivity contribution in [2.24, 2.45) is 0 Å². The number of pyridine rings is 1. The number of aryl methyl sites for hydroxylation is 2. The van der Waals surface area contributed by atoms with E-state index >= 15 is 0 Å². The van der Waals surface area contributed by atoms with Gasteiger partial charge in [0, 0.05) is 24.1 Å². The van der Waals surface area contributed by atoms with Crippen molar-refractivity contribution in [1.29, 1.82) is 0 Å². The molecule has 156 valence electrons. The van der Waals surface area contributed by atoms with E-state index in [-0.39, 0.29) is 18.0 Å². The number of rotatable bonds is 10. The molecule has 0 aliphatic heterocycles. The first-order valence-corrected chi connectivity index (χ1v) is 10.1. The van der Waals surface area contributed by atoms with Crippen LogP contribution in [0.4, 0.5) is 0 Å². The average Bonchev–Trinajstić information content (AvgIpc) is 3.04. The zero-order chi connectivity index (χ0) is 21.2. The summed E-state index contributed by atoms with van der Waals surface area (Å²) in [6.45, 7) is 5.49. The van der Waals surface area contributed by atoms with E-state index in [0.29, 0.717) is 17.3 Å². The Labute approximate surface area is 173 Å². The standard InChI is InChI=1S/C19H24N4O5S/c1-4-7-20-16(24)9-22-17(25)10-27-19(26)14-6-5-8-21-18(14)29-11-15-12(2)23-28-13(15)3/h5-6,8H,4,7,9-11H2,1-3H3,(H,20,24)(H,22,25). The number of carbonyl (C=O) groups is 3. The third-order valence-electron chi connectivity index (χ3n) is 3.88. The van der Waals surface area contributed by atoms with Gasteiger partial charge in [0.25, 0.3) is 5.91 Å². The van der Waals surface area contributed by atoms with E-state index < -0.39 is 18.5 Å². The molecule has 2 N–H and O–H groups in total. The van der Waals surface area contributed by atoms with Crippen molar-refractivity contribution >= 4 is 29.5 Å². The van der Waals surface area contributed by atoms with E-state index in [9.17, 15) is 14.4 Å². The minimum atomic E-state index is -0.662. The Morgan fingerprint density at radius 1 is 1.21 bits per heavy atom. The van der Waals surface area contributed by atoms with E-state index in [1.165, 1.54) is 11.8 Å². The predicted octanol–water partition coefficient (Wildman–Crippen LogP) is 1.78. The van der Waals surface area contributed by atoms with Crippen molar-refractivity contribution in [3.8, 4) is 0 Å². The highest BCUT2D eigenvalue weighted by atomic mass is 32.2. The van der Waals surface area contributed by atoms with Crippen molar-refractivity contribution in [3.63, 3.8) is 0 Å². The summed E-state index contributed by atoms with van der Waals surface area (Å²) in [5.41, 5.74) is 1.99. The smallest absolute Gasteiger partial charge is 0.341 e. The van der Waals surface area contributed by atoms with Gasteiger partial charge >= 0.3 is 5.97 Å². The van der Waals surface area contributed by atoms with Crippen LogP contribution in [-0.2, 0) is 20.1 Å². The quantitative estimate of drug-likeness (QED) is 0.440. The largest absolute Gasteiger partial charge is 0.452 e. The summed E-state index contributed by atoms with van der Waals surface area (Å²) in [5.74, 6) is -0.263. The first-order valence-electron chi connectivity index (χ1n) is 9.12. The van der Waals surface area contributed by atoms with Crippen LogP contribution < -0.4 is 10.6 Å². The SMILES string of the molecule is CCCNC(=O)CNC(=O)COC(=O)c1cccnc1SCc1c(C)noc1C. The lowest BCUT2D eigenvalue weighted by molar-refractivity contribution is -0.127. The van der Waals surface area contributed by atoms with Crippen LogP contribution in [-0.4, -0.2) is 47.6 Å². The van der Waals surface area contributed by atoms with Gasteiger partial charge in [0.15, 0.2) is 6.61 Å². The molecule has 0 fully saturated rings. The number of carbonyl (C=O) groups excluding carboxylic acids is 3. The Hall–Kier alpha value is -2.88. The number of nitrogens with one attached hydrogen (secondary N) is 2. The van der Waals surface area contributed by atoms with Crippen LogP contribution in [0, 0.1) is 13.8 Å². The summed E-state index contributed by atoms with van der Waals surface area (Å²) in [6.07, 6.45) is 2.38. The van der Waals surface area contributed by atoms with Crippen LogP contribution in [0.25, 0.3) is 0 Å². The van der Waals surface area contributed by atoms with E-state index in [0.717, 1.165) is 23.4 Å². The lowest BCUT2D eigenvalue weighted by atomic mass is 10.2. The minimum Gasteiger partial charge on any atom is -0.452 e. The summed E-state index contributed by atoms with van der Waals surface area (Å²) in [5, 5.41) is 9.43.